The number of benzene rings is 1. The number of nitrogens with two attached hydrogens (primary N) is 1. The zero-order chi connectivity index (χ0) is 13.0. The van der Waals surface area contributed by atoms with Gasteiger partial charge in [-0.2, -0.15) is 0 Å². The number of aryl methyl sites for hydroxylation is 1. The fraction of sp³-hybridized carbons (Fsp3) is 0.500. The van der Waals surface area contributed by atoms with Gasteiger partial charge in [-0.3, -0.25) is 4.79 Å². The van der Waals surface area contributed by atoms with Crippen molar-refractivity contribution in [1.29, 1.82) is 0 Å². The summed E-state index contributed by atoms with van der Waals surface area (Å²) >= 11 is 0. The first-order chi connectivity index (χ1) is 8.70. The van der Waals surface area contributed by atoms with E-state index in [0.717, 1.165) is 24.3 Å². The Balaban J connectivity index is 1.89. The van der Waals surface area contributed by atoms with Crippen molar-refractivity contribution in [2.75, 3.05) is 20.2 Å². The van der Waals surface area contributed by atoms with Gasteiger partial charge in [-0.15, -0.1) is 0 Å². The van der Waals surface area contributed by atoms with Crippen LogP contribution in [0.4, 0.5) is 0 Å². The predicted octanol–water partition coefficient (Wildman–Crippen LogP) is 1.19. The minimum atomic E-state index is 0.153. The second kappa shape index (κ2) is 5.87. The van der Waals surface area contributed by atoms with Gasteiger partial charge in [0.15, 0.2) is 0 Å². The van der Waals surface area contributed by atoms with E-state index in [0.29, 0.717) is 19.4 Å². The Morgan fingerprint density at radius 3 is 2.94 bits per heavy atom. The molecule has 0 aromatic heterocycles. The second-order valence-corrected chi connectivity index (χ2v) is 4.70. The van der Waals surface area contributed by atoms with E-state index in [1.807, 2.05) is 29.2 Å². The maximum absolute atomic E-state index is 12.0. The van der Waals surface area contributed by atoms with E-state index in [2.05, 4.69) is 0 Å². The van der Waals surface area contributed by atoms with Gasteiger partial charge in [-0.1, -0.05) is 18.2 Å². The number of likely N-dealkylation sites (tertiary alicyclic amines) is 1. The summed E-state index contributed by atoms with van der Waals surface area (Å²) in [6.45, 7) is 1.50. The molecule has 0 saturated carbocycles. The highest BCUT2D eigenvalue weighted by Crippen LogP contribution is 2.19. The molecule has 18 heavy (non-hydrogen) atoms. The largest absolute Gasteiger partial charge is 0.496 e. The summed E-state index contributed by atoms with van der Waals surface area (Å²) in [5, 5.41) is 0. The predicted molar refractivity (Wildman–Crippen MR) is 70.5 cm³/mol. The molecule has 0 aliphatic carbocycles. The van der Waals surface area contributed by atoms with Crippen molar-refractivity contribution in [2.45, 2.75) is 25.3 Å². The van der Waals surface area contributed by atoms with E-state index >= 15 is 0 Å². The zero-order valence-corrected chi connectivity index (χ0v) is 10.8. The second-order valence-electron chi connectivity index (χ2n) is 4.70. The lowest BCUT2D eigenvalue weighted by molar-refractivity contribution is -0.130. The summed E-state index contributed by atoms with van der Waals surface area (Å²) < 4.78 is 5.28. The average Bonchev–Trinajstić information content (AvgIpc) is 2.83. The average molecular weight is 248 g/mol. The highest BCUT2D eigenvalue weighted by Gasteiger charge is 2.23. The zero-order valence-electron chi connectivity index (χ0n) is 10.8. The van der Waals surface area contributed by atoms with Gasteiger partial charge in [0, 0.05) is 25.6 Å². The van der Waals surface area contributed by atoms with Crippen LogP contribution in [0.25, 0.3) is 0 Å². The maximum atomic E-state index is 12.0. The van der Waals surface area contributed by atoms with Crippen LogP contribution in [0, 0.1) is 0 Å². The molecule has 4 nitrogen and oxygen atoms in total. The number of ether oxygens (including phenoxy) is 1. The van der Waals surface area contributed by atoms with Crippen LogP contribution < -0.4 is 10.5 Å². The third kappa shape index (κ3) is 3.01. The number of hydrogen-bond acceptors (Lipinski definition) is 3. The third-order valence-corrected chi connectivity index (χ3v) is 3.38. The monoisotopic (exact) mass is 248 g/mol. The van der Waals surface area contributed by atoms with Crippen LogP contribution in [0.2, 0.25) is 0 Å². The van der Waals surface area contributed by atoms with Gasteiger partial charge in [0.2, 0.25) is 5.91 Å². The molecule has 98 valence electrons. The summed E-state index contributed by atoms with van der Waals surface area (Å²) in [5.74, 6) is 1.04. The first-order valence-electron chi connectivity index (χ1n) is 6.36. The van der Waals surface area contributed by atoms with Crippen molar-refractivity contribution in [3.8, 4) is 5.75 Å². The molecule has 1 aromatic rings. The topological polar surface area (TPSA) is 55.6 Å². The molecule has 1 aliphatic rings. The van der Waals surface area contributed by atoms with E-state index in [1.54, 1.807) is 7.11 Å². The van der Waals surface area contributed by atoms with Crippen LogP contribution in [-0.4, -0.2) is 37.0 Å². The fourth-order valence-electron chi connectivity index (χ4n) is 2.32. The molecule has 2 rings (SSSR count). The highest BCUT2D eigenvalue weighted by molar-refractivity contribution is 5.76. The standard InChI is InChI=1S/C14H20N2O2/c1-18-13-5-3-2-4-11(13)6-7-14(17)16-9-8-12(15)10-16/h2-5,12H,6-10,15H2,1H3/t12-/m1/s1. The Hall–Kier alpha value is -1.55. The lowest BCUT2D eigenvalue weighted by atomic mass is 10.1. The van der Waals surface area contributed by atoms with Gasteiger partial charge in [0.1, 0.15) is 5.75 Å². The first kappa shape index (κ1) is 12.9. The molecule has 4 heteroatoms. The number of methoxy groups -OCH3 is 1. The van der Waals surface area contributed by atoms with E-state index in [4.69, 9.17) is 10.5 Å². The molecule has 1 amide bonds. The summed E-state index contributed by atoms with van der Waals surface area (Å²) in [7, 11) is 1.65. The Morgan fingerprint density at radius 1 is 1.50 bits per heavy atom. The number of para-hydroxylation sites is 1. The van der Waals surface area contributed by atoms with Gasteiger partial charge in [0.25, 0.3) is 0 Å². The molecule has 1 aromatic carbocycles. The Kier molecular flexibility index (Phi) is 4.20. The van der Waals surface area contributed by atoms with E-state index < -0.39 is 0 Å². The maximum Gasteiger partial charge on any atom is 0.222 e. The minimum absolute atomic E-state index is 0.153. The molecule has 1 heterocycles. The summed E-state index contributed by atoms with van der Waals surface area (Å²) in [6.07, 6.45) is 2.15. The van der Waals surface area contributed by atoms with Crippen LogP contribution in [-0.2, 0) is 11.2 Å². The molecule has 0 bridgehead atoms. The van der Waals surface area contributed by atoms with Crippen molar-refractivity contribution in [3.05, 3.63) is 29.8 Å². The van der Waals surface area contributed by atoms with Crippen molar-refractivity contribution in [2.24, 2.45) is 5.73 Å². The molecule has 1 aliphatic heterocycles. The van der Waals surface area contributed by atoms with Crippen LogP contribution in [0.3, 0.4) is 0 Å². The molecule has 0 radical (unpaired) electrons. The van der Waals surface area contributed by atoms with Crippen LogP contribution in [0.5, 0.6) is 5.75 Å². The Morgan fingerprint density at radius 2 is 2.28 bits per heavy atom. The highest BCUT2D eigenvalue weighted by atomic mass is 16.5. The van der Waals surface area contributed by atoms with Gasteiger partial charge < -0.3 is 15.4 Å². The van der Waals surface area contributed by atoms with Gasteiger partial charge in [-0.05, 0) is 24.5 Å². The smallest absolute Gasteiger partial charge is 0.222 e. The lowest BCUT2D eigenvalue weighted by Gasteiger charge is -2.16. The number of amides is 1. The van der Waals surface area contributed by atoms with Crippen LogP contribution in [0.1, 0.15) is 18.4 Å². The molecule has 0 spiro atoms. The fourth-order valence-corrected chi connectivity index (χ4v) is 2.32. The number of carbonyl (C=O) groups is 1. The third-order valence-electron chi connectivity index (χ3n) is 3.38. The van der Waals surface area contributed by atoms with E-state index in [1.165, 1.54) is 0 Å². The SMILES string of the molecule is COc1ccccc1CCC(=O)N1CC[C@@H](N)C1. The Labute approximate surface area is 108 Å². The van der Waals surface area contributed by atoms with Gasteiger partial charge in [-0.25, -0.2) is 0 Å². The van der Waals surface area contributed by atoms with Gasteiger partial charge in [0.05, 0.1) is 7.11 Å². The van der Waals surface area contributed by atoms with Crippen molar-refractivity contribution in [1.82, 2.24) is 4.90 Å². The number of nitrogens with zero attached hydrogens (tertiary/aromatic N) is 1. The molecular weight excluding hydrogens is 228 g/mol. The minimum Gasteiger partial charge on any atom is -0.496 e. The number of rotatable bonds is 4. The summed E-state index contributed by atoms with van der Waals surface area (Å²) in [4.78, 5) is 13.9. The van der Waals surface area contributed by atoms with Crippen LogP contribution in [0.15, 0.2) is 24.3 Å². The van der Waals surface area contributed by atoms with E-state index in [-0.39, 0.29) is 11.9 Å². The molecule has 1 atom stereocenters. The van der Waals surface area contributed by atoms with Crippen molar-refractivity contribution < 1.29 is 9.53 Å². The summed E-state index contributed by atoms with van der Waals surface area (Å²) in [6, 6.07) is 7.98. The van der Waals surface area contributed by atoms with Gasteiger partial charge >= 0.3 is 0 Å². The molecule has 1 saturated heterocycles. The molecule has 1 fully saturated rings. The summed E-state index contributed by atoms with van der Waals surface area (Å²) in [5.41, 5.74) is 6.88. The first-order valence-corrected chi connectivity index (χ1v) is 6.36. The molecular formula is C14H20N2O2. The normalized spacial score (nSPS) is 19.0. The van der Waals surface area contributed by atoms with Crippen molar-refractivity contribution in [3.63, 3.8) is 0 Å². The molecule has 2 N–H and O–H groups in total. The quantitative estimate of drug-likeness (QED) is 0.870. The van der Waals surface area contributed by atoms with Crippen LogP contribution >= 0.6 is 0 Å². The van der Waals surface area contributed by atoms with E-state index in [9.17, 15) is 4.79 Å². The lowest BCUT2D eigenvalue weighted by Crippen LogP contribution is -2.31. The number of carbonyl (C=O) groups excluding carboxylic acids is 1. The van der Waals surface area contributed by atoms with Crippen molar-refractivity contribution >= 4 is 5.91 Å². The Bertz CT molecular complexity index is 420. The molecule has 0 unspecified atom stereocenters. The number of hydrogen-bond donors (Lipinski definition) is 1.